The van der Waals surface area contributed by atoms with Crippen molar-refractivity contribution in [1.82, 2.24) is 0 Å². The average molecular weight is 132 g/mol. The van der Waals surface area contributed by atoms with Crippen molar-refractivity contribution < 1.29 is 15.3 Å². The van der Waals surface area contributed by atoms with Crippen molar-refractivity contribution in [2.75, 3.05) is 6.61 Å². The highest BCUT2D eigenvalue weighted by Gasteiger charge is 2.32. The normalized spacial score (nSPS) is 43.7. The van der Waals surface area contributed by atoms with Gasteiger partial charge in [0.25, 0.3) is 0 Å². The minimum absolute atomic E-state index is 0.0156. The minimum Gasteiger partial charge on any atom is -0.396 e. The smallest absolute Gasteiger partial charge is 0.0849 e. The molecule has 3 atom stereocenters. The molecule has 3 heteroatoms. The van der Waals surface area contributed by atoms with Crippen molar-refractivity contribution in [3.05, 3.63) is 0 Å². The Balaban J connectivity index is 2.41. The second kappa shape index (κ2) is 2.64. The molecule has 0 aromatic carbocycles. The van der Waals surface area contributed by atoms with Crippen molar-refractivity contribution in [2.45, 2.75) is 25.0 Å². The number of rotatable bonds is 1. The molecule has 0 unspecified atom stereocenters. The van der Waals surface area contributed by atoms with E-state index in [-0.39, 0.29) is 12.5 Å². The zero-order chi connectivity index (χ0) is 6.85. The van der Waals surface area contributed by atoms with E-state index in [9.17, 15) is 0 Å². The van der Waals surface area contributed by atoms with Gasteiger partial charge in [0.05, 0.1) is 12.2 Å². The van der Waals surface area contributed by atoms with E-state index < -0.39 is 12.2 Å². The second-order valence-corrected chi connectivity index (χ2v) is 2.58. The lowest BCUT2D eigenvalue weighted by Crippen LogP contribution is -2.26. The van der Waals surface area contributed by atoms with Crippen LogP contribution in [0.25, 0.3) is 0 Å². The molecule has 9 heavy (non-hydrogen) atoms. The van der Waals surface area contributed by atoms with Crippen LogP contribution >= 0.6 is 0 Å². The van der Waals surface area contributed by atoms with Crippen LogP contribution in [0.15, 0.2) is 0 Å². The summed E-state index contributed by atoms with van der Waals surface area (Å²) in [4.78, 5) is 0. The molecule has 0 aromatic rings. The average Bonchev–Trinajstić information content (AvgIpc) is 2.15. The Labute approximate surface area is 53.9 Å². The molecule has 3 nitrogen and oxygen atoms in total. The Kier molecular flexibility index (Phi) is 2.05. The van der Waals surface area contributed by atoms with Gasteiger partial charge in [-0.2, -0.15) is 0 Å². The van der Waals surface area contributed by atoms with E-state index in [4.69, 9.17) is 15.3 Å². The van der Waals surface area contributed by atoms with E-state index in [2.05, 4.69) is 0 Å². The van der Waals surface area contributed by atoms with Crippen LogP contribution in [-0.4, -0.2) is 34.1 Å². The third-order valence-electron chi connectivity index (χ3n) is 1.94. The molecular weight excluding hydrogens is 120 g/mol. The van der Waals surface area contributed by atoms with Crippen LogP contribution in [0.3, 0.4) is 0 Å². The zero-order valence-corrected chi connectivity index (χ0v) is 5.20. The molecule has 1 aliphatic rings. The predicted molar refractivity (Wildman–Crippen MR) is 31.8 cm³/mol. The van der Waals surface area contributed by atoms with Gasteiger partial charge >= 0.3 is 0 Å². The molecule has 0 aromatic heterocycles. The Morgan fingerprint density at radius 1 is 1.22 bits per heavy atom. The number of hydrogen-bond donors (Lipinski definition) is 3. The van der Waals surface area contributed by atoms with E-state index in [1.807, 2.05) is 0 Å². The molecule has 0 aliphatic heterocycles. The molecule has 0 saturated heterocycles. The second-order valence-electron chi connectivity index (χ2n) is 2.58. The topological polar surface area (TPSA) is 60.7 Å². The molecule has 3 N–H and O–H groups in total. The third kappa shape index (κ3) is 1.23. The first-order valence-electron chi connectivity index (χ1n) is 3.22. The Bertz CT molecular complexity index is 94.3. The van der Waals surface area contributed by atoms with Crippen LogP contribution in [0.2, 0.25) is 0 Å². The van der Waals surface area contributed by atoms with Gasteiger partial charge in [-0.25, -0.2) is 0 Å². The number of aliphatic hydroxyl groups excluding tert-OH is 3. The summed E-state index contributed by atoms with van der Waals surface area (Å²) in [7, 11) is 0. The van der Waals surface area contributed by atoms with Crippen LogP contribution < -0.4 is 0 Å². The molecule has 0 radical (unpaired) electrons. The standard InChI is InChI=1S/C6H12O3/c7-3-4-1-2-5(8)6(4)9/h4-9H,1-3H2/t4-,5-,6+/m0/s1. The van der Waals surface area contributed by atoms with Crippen molar-refractivity contribution in [1.29, 1.82) is 0 Å². The lowest BCUT2D eigenvalue weighted by molar-refractivity contribution is 0.00682. The lowest BCUT2D eigenvalue weighted by Gasteiger charge is -2.12. The lowest BCUT2D eigenvalue weighted by atomic mass is 10.1. The molecule has 1 fully saturated rings. The first-order valence-corrected chi connectivity index (χ1v) is 3.22. The molecule has 0 heterocycles. The summed E-state index contributed by atoms with van der Waals surface area (Å²) in [6.45, 7) is -0.0156. The van der Waals surface area contributed by atoms with Gasteiger partial charge in [-0.3, -0.25) is 0 Å². The maximum atomic E-state index is 9.05. The molecule has 1 aliphatic carbocycles. The van der Waals surface area contributed by atoms with Gasteiger partial charge in [0.1, 0.15) is 0 Å². The van der Waals surface area contributed by atoms with E-state index in [0.29, 0.717) is 6.42 Å². The van der Waals surface area contributed by atoms with Crippen molar-refractivity contribution in [2.24, 2.45) is 5.92 Å². The minimum atomic E-state index is -0.699. The first-order chi connectivity index (χ1) is 4.25. The van der Waals surface area contributed by atoms with Gasteiger partial charge in [-0.1, -0.05) is 0 Å². The fourth-order valence-corrected chi connectivity index (χ4v) is 1.24. The first kappa shape index (κ1) is 6.99. The summed E-state index contributed by atoms with van der Waals surface area (Å²) in [5.41, 5.74) is 0. The maximum absolute atomic E-state index is 9.05. The number of hydrogen-bond acceptors (Lipinski definition) is 3. The van der Waals surface area contributed by atoms with Gasteiger partial charge in [0.15, 0.2) is 0 Å². The predicted octanol–water partition coefficient (Wildman–Crippen LogP) is -0.890. The van der Waals surface area contributed by atoms with E-state index >= 15 is 0 Å². The van der Waals surface area contributed by atoms with Gasteiger partial charge in [0, 0.05) is 12.5 Å². The third-order valence-corrected chi connectivity index (χ3v) is 1.94. The van der Waals surface area contributed by atoms with Crippen molar-refractivity contribution in [3.8, 4) is 0 Å². The summed E-state index contributed by atoms with van der Waals surface area (Å²) < 4.78 is 0. The highest BCUT2D eigenvalue weighted by atomic mass is 16.3. The Morgan fingerprint density at radius 2 is 1.89 bits per heavy atom. The fourth-order valence-electron chi connectivity index (χ4n) is 1.24. The highest BCUT2D eigenvalue weighted by Crippen LogP contribution is 2.24. The SMILES string of the molecule is OC[C@@H]1CC[C@H](O)[C@@H]1O. The molecule has 1 saturated carbocycles. The number of aliphatic hydroxyl groups is 3. The van der Waals surface area contributed by atoms with Gasteiger partial charge in [-0.15, -0.1) is 0 Å². The Hall–Kier alpha value is -0.120. The van der Waals surface area contributed by atoms with Crippen LogP contribution in [-0.2, 0) is 0 Å². The largest absolute Gasteiger partial charge is 0.396 e. The van der Waals surface area contributed by atoms with Crippen LogP contribution in [0.5, 0.6) is 0 Å². The van der Waals surface area contributed by atoms with E-state index in [1.54, 1.807) is 0 Å². The van der Waals surface area contributed by atoms with Crippen LogP contribution in [0, 0.1) is 5.92 Å². The monoisotopic (exact) mass is 132 g/mol. The summed E-state index contributed by atoms with van der Waals surface area (Å²) in [5.74, 6) is -0.0972. The van der Waals surface area contributed by atoms with Crippen LogP contribution in [0.4, 0.5) is 0 Å². The van der Waals surface area contributed by atoms with Gasteiger partial charge < -0.3 is 15.3 Å². The Morgan fingerprint density at radius 3 is 2.11 bits per heavy atom. The summed E-state index contributed by atoms with van der Waals surface area (Å²) in [6.07, 6.45) is 0.0442. The van der Waals surface area contributed by atoms with Crippen LogP contribution in [0.1, 0.15) is 12.8 Å². The summed E-state index contributed by atoms with van der Waals surface area (Å²) in [5, 5.41) is 26.6. The van der Waals surface area contributed by atoms with E-state index in [1.165, 1.54) is 0 Å². The van der Waals surface area contributed by atoms with Crippen molar-refractivity contribution >= 4 is 0 Å². The van der Waals surface area contributed by atoms with Gasteiger partial charge in [-0.05, 0) is 12.8 Å². The highest BCUT2D eigenvalue weighted by molar-refractivity contribution is 4.83. The maximum Gasteiger partial charge on any atom is 0.0849 e. The summed E-state index contributed by atoms with van der Waals surface area (Å²) >= 11 is 0. The van der Waals surface area contributed by atoms with Crippen molar-refractivity contribution in [3.63, 3.8) is 0 Å². The zero-order valence-electron chi connectivity index (χ0n) is 5.20. The summed E-state index contributed by atoms with van der Waals surface area (Å²) in [6, 6.07) is 0. The quantitative estimate of drug-likeness (QED) is 0.434. The molecule has 0 amide bonds. The molecule has 1 rings (SSSR count). The fraction of sp³-hybridized carbons (Fsp3) is 1.00. The van der Waals surface area contributed by atoms with E-state index in [0.717, 1.165) is 6.42 Å². The molecular formula is C6H12O3. The molecule has 0 spiro atoms. The molecule has 54 valence electrons. The van der Waals surface area contributed by atoms with Gasteiger partial charge in [0.2, 0.25) is 0 Å². The molecule has 0 bridgehead atoms.